The van der Waals surface area contributed by atoms with Crippen LogP contribution in [-0.2, 0) is 6.54 Å². The summed E-state index contributed by atoms with van der Waals surface area (Å²) in [5.41, 5.74) is 3.09. The van der Waals surface area contributed by atoms with E-state index in [1.165, 1.54) is 0 Å². The first-order valence-corrected chi connectivity index (χ1v) is 12.6. The molecule has 0 spiro atoms. The summed E-state index contributed by atoms with van der Waals surface area (Å²) in [5.74, 6) is 0.980. The van der Waals surface area contributed by atoms with E-state index in [0.29, 0.717) is 39.8 Å². The van der Waals surface area contributed by atoms with Crippen LogP contribution in [0.5, 0.6) is 5.75 Å². The van der Waals surface area contributed by atoms with Crippen molar-refractivity contribution in [2.45, 2.75) is 39.8 Å². The first kappa shape index (κ1) is 24.1. The summed E-state index contributed by atoms with van der Waals surface area (Å²) in [6, 6.07) is 19.8. The highest BCUT2D eigenvalue weighted by Crippen LogP contribution is 2.40. The third-order valence-corrected chi connectivity index (χ3v) is 6.93. The van der Waals surface area contributed by atoms with Crippen molar-refractivity contribution >= 4 is 28.5 Å². The van der Waals surface area contributed by atoms with Gasteiger partial charge in [-0.05, 0) is 60.7 Å². The Morgan fingerprint density at radius 3 is 2.61 bits per heavy atom. The van der Waals surface area contributed by atoms with E-state index >= 15 is 0 Å². The molecule has 1 unspecified atom stereocenters. The zero-order valence-electron chi connectivity index (χ0n) is 20.6. The van der Waals surface area contributed by atoms with Gasteiger partial charge in [-0.2, -0.15) is 0 Å². The van der Waals surface area contributed by atoms with Crippen molar-refractivity contribution in [3.63, 3.8) is 0 Å². The van der Waals surface area contributed by atoms with Gasteiger partial charge in [-0.3, -0.25) is 9.59 Å². The number of hydrogen-bond acceptors (Lipinski definition) is 4. The van der Waals surface area contributed by atoms with E-state index in [4.69, 9.17) is 20.8 Å². The number of halogens is 1. The van der Waals surface area contributed by atoms with Crippen LogP contribution in [0.15, 0.2) is 75.9 Å². The highest BCUT2D eigenvalue weighted by molar-refractivity contribution is 6.31. The standard InChI is InChI=1S/C30H28ClNO4/c1-18(2)13-14-35-22-9-6-8-20(16-22)27-26-28(33)23-15-19(3)11-12-25(23)36-29(26)30(34)32(27)17-21-7-4-5-10-24(21)31/h4-12,15-16,18,27H,13-14,17H2,1-3H3. The molecular formula is C30H28ClNO4. The maximum Gasteiger partial charge on any atom is 0.291 e. The fourth-order valence-corrected chi connectivity index (χ4v) is 4.84. The van der Waals surface area contributed by atoms with Crippen LogP contribution < -0.4 is 10.2 Å². The van der Waals surface area contributed by atoms with Gasteiger partial charge in [0.2, 0.25) is 5.76 Å². The van der Waals surface area contributed by atoms with Crippen LogP contribution >= 0.6 is 11.6 Å². The largest absolute Gasteiger partial charge is 0.494 e. The van der Waals surface area contributed by atoms with E-state index in [0.717, 1.165) is 23.1 Å². The zero-order chi connectivity index (χ0) is 25.4. The summed E-state index contributed by atoms with van der Waals surface area (Å²) in [5, 5.41) is 1.03. The molecule has 0 fully saturated rings. The molecule has 0 aliphatic carbocycles. The van der Waals surface area contributed by atoms with Crippen LogP contribution in [0.1, 0.15) is 59.1 Å². The Hall–Kier alpha value is -3.57. The minimum atomic E-state index is -0.626. The Kier molecular flexibility index (Phi) is 6.59. The average Bonchev–Trinajstić information content (AvgIpc) is 3.13. The monoisotopic (exact) mass is 501 g/mol. The number of aryl methyl sites for hydroxylation is 1. The zero-order valence-corrected chi connectivity index (χ0v) is 21.3. The molecule has 1 aliphatic heterocycles. The second-order valence-corrected chi connectivity index (χ2v) is 10.1. The molecular weight excluding hydrogens is 474 g/mol. The van der Waals surface area contributed by atoms with E-state index in [-0.39, 0.29) is 23.6 Å². The predicted molar refractivity (Wildman–Crippen MR) is 142 cm³/mol. The van der Waals surface area contributed by atoms with Gasteiger partial charge in [-0.1, -0.05) is 67.4 Å². The lowest BCUT2D eigenvalue weighted by atomic mass is 9.97. The molecule has 1 aliphatic rings. The van der Waals surface area contributed by atoms with Crippen molar-refractivity contribution in [2.24, 2.45) is 5.92 Å². The third kappa shape index (κ3) is 4.51. The van der Waals surface area contributed by atoms with E-state index in [1.807, 2.05) is 61.5 Å². The lowest BCUT2D eigenvalue weighted by Crippen LogP contribution is -2.29. The quantitative estimate of drug-likeness (QED) is 0.275. The number of carbonyl (C=O) groups is 1. The smallest absolute Gasteiger partial charge is 0.291 e. The average molecular weight is 502 g/mol. The Balaban J connectivity index is 1.64. The van der Waals surface area contributed by atoms with Crippen molar-refractivity contribution in [1.29, 1.82) is 0 Å². The number of rotatable bonds is 7. The molecule has 0 bridgehead atoms. The highest BCUT2D eigenvalue weighted by atomic mass is 35.5. The number of fused-ring (bicyclic) bond motifs is 2. The van der Waals surface area contributed by atoms with Gasteiger partial charge < -0.3 is 14.1 Å². The SMILES string of the molecule is Cc1ccc2oc3c(c(=O)c2c1)C(c1cccc(OCCC(C)C)c1)N(Cc1ccccc1Cl)C3=O. The van der Waals surface area contributed by atoms with Crippen LogP contribution in [0.25, 0.3) is 11.0 Å². The first-order chi connectivity index (χ1) is 17.3. The van der Waals surface area contributed by atoms with E-state index in [1.54, 1.807) is 17.0 Å². The number of hydrogen-bond donors (Lipinski definition) is 0. The number of amides is 1. The van der Waals surface area contributed by atoms with Gasteiger partial charge in [0.1, 0.15) is 11.3 Å². The molecule has 0 saturated carbocycles. The molecule has 4 aromatic rings. The summed E-state index contributed by atoms with van der Waals surface area (Å²) in [4.78, 5) is 29.2. The third-order valence-electron chi connectivity index (χ3n) is 6.56. The minimum Gasteiger partial charge on any atom is -0.494 e. The van der Waals surface area contributed by atoms with Crippen molar-refractivity contribution in [3.8, 4) is 5.75 Å². The summed E-state index contributed by atoms with van der Waals surface area (Å²) in [6.45, 7) is 7.06. The molecule has 5 rings (SSSR count). The molecule has 1 aromatic heterocycles. The summed E-state index contributed by atoms with van der Waals surface area (Å²) >= 11 is 6.45. The first-order valence-electron chi connectivity index (χ1n) is 12.2. The summed E-state index contributed by atoms with van der Waals surface area (Å²) < 4.78 is 12.1. The minimum absolute atomic E-state index is 0.0829. The number of carbonyl (C=O) groups excluding carboxylic acids is 1. The maximum absolute atomic E-state index is 13.8. The molecule has 2 heterocycles. The second-order valence-electron chi connectivity index (χ2n) is 9.70. The molecule has 0 N–H and O–H groups in total. The predicted octanol–water partition coefficient (Wildman–Crippen LogP) is 6.93. The second kappa shape index (κ2) is 9.82. The summed E-state index contributed by atoms with van der Waals surface area (Å²) in [6.07, 6.45) is 0.933. The van der Waals surface area contributed by atoms with Crippen molar-refractivity contribution < 1.29 is 13.9 Å². The Morgan fingerprint density at radius 2 is 1.83 bits per heavy atom. The molecule has 5 nitrogen and oxygen atoms in total. The lowest BCUT2D eigenvalue weighted by molar-refractivity contribution is 0.0714. The van der Waals surface area contributed by atoms with Crippen LogP contribution in [0.3, 0.4) is 0 Å². The van der Waals surface area contributed by atoms with Crippen molar-refractivity contribution in [2.75, 3.05) is 6.61 Å². The van der Waals surface area contributed by atoms with E-state index < -0.39 is 6.04 Å². The van der Waals surface area contributed by atoms with Crippen LogP contribution in [0.2, 0.25) is 5.02 Å². The highest BCUT2D eigenvalue weighted by Gasteiger charge is 2.43. The van der Waals surface area contributed by atoms with Gasteiger partial charge in [0, 0.05) is 11.6 Å². The summed E-state index contributed by atoms with van der Waals surface area (Å²) in [7, 11) is 0. The van der Waals surface area contributed by atoms with Crippen LogP contribution in [-0.4, -0.2) is 17.4 Å². The van der Waals surface area contributed by atoms with Crippen LogP contribution in [0, 0.1) is 12.8 Å². The molecule has 0 radical (unpaired) electrons. The molecule has 184 valence electrons. The van der Waals surface area contributed by atoms with Crippen molar-refractivity contribution in [3.05, 3.63) is 110 Å². The van der Waals surface area contributed by atoms with Crippen molar-refractivity contribution in [1.82, 2.24) is 4.90 Å². The topological polar surface area (TPSA) is 59.8 Å². The number of ether oxygens (including phenoxy) is 1. The maximum atomic E-state index is 13.8. The fourth-order valence-electron chi connectivity index (χ4n) is 4.64. The fraction of sp³-hybridized carbons (Fsp3) is 0.267. The van der Waals surface area contributed by atoms with Crippen LogP contribution in [0.4, 0.5) is 0 Å². The normalized spacial score (nSPS) is 15.1. The van der Waals surface area contributed by atoms with Gasteiger partial charge >= 0.3 is 0 Å². The molecule has 1 amide bonds. The molecule has 0 saturated heterocycles. The van der Waals surface area contributed by atoms with E-state index in [2.05, 4.69) is 13.8 Å². The van der Waals surface area contributed by atoms with Gasteiger partial charge in [0.05, 0.1) is 23.6 Å². The lowest BCUT2D eigenvalue weighted by Gasteiger charge is -2.26. The Labute approximate surface area is 215 Å². The number of benzene rings is 3. The molecule has 36 heavy (non-hydrogen) atoms. The number of nitrogens with zero attached hydrogens (tertiary/aromatic N) is 1. The molecule has 6 heteroatoms. The van der Waals surface area contributed by atoms with E-state index in [9.17, 15) is 9.59 Å². The van der Waals surface area contributed by atoms with Gasteiger partial charge in [-0.15, -0.1) is 0 Å². The Morgan fingerprint density at radius 1 is 1.03 bits per heavy atom. The van der Waals surface area contributed by atoms with Gasteiger partial charge in [0.25, 0.3) is 5.91 Å². The van der Waals surface area contributed by atoms with Gasteiger partial charge in [0.15, 0.2) is 5.43 Å². The molecule has 1 atom stereocenters. The molecule has 3 aromatic carbocycles. The van der Waals surface area contributed by atoms with Gasteiger partial charge in [-0.25, -0.2) is 0 Å². The Bertz CT molecular complexity index is 1510.